The molecule has 1 aliphatic heterocycles. The third-order valence-corrected chi connectivity index (χ3v) is 6.14. The van der Waals surface area contributed by atoms with Gasteiger partial charge in [0.1, 0.15) is 45.4 Å². The largest absolute Gasteiger partial charge is 0.491 e. The molecule has 0 saturated heterocycles. The molecule has 0 saturated carbocycles. The van der Waals surface area contributed by atoms with E-state index in [0.29, 0.717) is 71.8 Å². The molecule has 1 aromatic heterocycles. The van der Waals surface area contributed by atoms with Gasteiger partial charge in [0.2, 0.25) is 11.8 Å². The van der Waals surface area contributed by atoms with Crippen LogP contribution in [0.15, 0.2) is 24.3 Å². The normalized spacial score (nSPS) is 12.2. The molecule has 10 nitrogen and oxygen atoms in total. The van der Waals surface area contributed by atoms with Crippen LogP contribution in [0.1, 0.15) is 67.2 Å². The molecule has 4 rings (SSSR count). The van der Waals surface area contributed by atoms with Gasteiger partial charge in [0.25, 0.3) is 0 Å². The quantitative estimate of drug-likeness (QED) is 0.253. The van der Waals surface area contributed by atoms with Gasteiger partial charge in [-0.25, -0.2) is 9.97 Å². The van der Waals surface area contributed by atoms with Crippen LogP contribution in [0.3, 0.4) is 0 Å². The molecule has 0 radical (unpaired) electrons. The van der Waals surface area contributed by atoms with E-state index >= 15 is 0 Å². The molecule has 3 aromatic rings. The second-order valence-corrected chi connectivity index (χ2v) is 9.49. The smallest absolute Gasteiger partial charge is 0.229 e. The van der Waals surface area contributed by atoms with Gasteiger partial charge >= 0.3 is 0 Å². The average Bonchev–Trinajstić information content (AvgIpc) is 2.94. The predicted octanol–water partition coefficient (Wildman–Crippen LogP) is 6.47. The first-order valence-electron chi connectivity index (χ1n) is 14.0. The van der Waals surface area contributed by atoms with E-state index in [9.17, 15) is 9.59 Å². The van der Waals surface area contributed by atoms with Crippen LogP contribution >= 0.6 is 0 Å². The van der Waals surface area contributed by atoms with E-state index in [-0.39, 0.29) is 23.5 Å². The number of rotatable bonds is 12. The first kappa shape index (κ1) is 28.9. The minimum Gasteiger partial charge on any atom is -0.491 e. The van der Waals surface area contributed by atoms with E-state index in [4.69, 9.17) is 28.9 Å². The molecular formula is C30H38N4O6. The first-order valence-corrected chi connectivity index (χ1v) is 14.0. The number of hydrogen-bond acceptors (Lipinski definition) is 8. The summed E-state index contributed by atoms with van der Waals surface area (Å²) in [5.74, 6) is 1.68. The van der Waals surface area contributed by atoms with Crippen LogP contribution in [0.5, 0.6) is 23.0 Å². The second kappa shape index (κ2) is 12.8. The number of fused-ring (bicyclic) bond motifs is 3. The highest BCUT2D eigenvalue weighted by Crippen LogP contribution is 2.55. The van der Waals surface area contributed by atoms with E-state index < -0.39 is 0 Å². The van der Waals surface area contributed by atoms with E-state index in [0.717, 1.165) is 25.7 Å². The van der Waals surface area contributed by atoms with Crippen LogP contribution in [0.2, 0.25) is 0 Å². The molecule has 1 aliphatic rings. The minimum atomic E-state index is -0.317. The van der Waals surface area contributed by atoms with Gasteiger partial charge in [-0.3, -0.25) is 19.4 Å². The van der Waals surface area contributed by atoms with Gasteiger partial charge in [0.15, 0.2) is 11.6 Å². The zero-order valence-electron chi connectivity index (χ0n) is 24.2. The Morgan fingerprint density at radius 1 is 0.575 bits per heavy atom. The van der Waals surface area contributed by atoms with E-state index in [1.807, 2.05) is 27.7 Å². The molecule has 40 heavy (non-hydrogen) atoms. The molecule has 0 aliphatic carbocycles. The fourth-order valence-electron chi connectivity index (χ4n) is 4.48. The summed E-state index contributed by atoms with van der Waals surface area (Å²) >= 11 is 0. The minimum absolute atomic E-state index is 0.200. The van der Waals surface area contributed by atoms with E-state index in [1.54, 1.807) is 24.3 Å². The van der Waals surface area contributed by atoms with Gasteiger partial charge in [0.05, 0.1) is 26.4 Å². The van der Waals surface area contributed by atoms with Crippen molar-refractivity contribution in [2.45, 2.75) is 67.2 Å². The molecule has 2 aromatic carbocycles. The maximum atomic E-state index is 13.4. The average molecular weight is 551 g/mol. The third-order valence-electron chi connectivity index (χ3n) is 6.14. The Morgan fingerprint density at radius 2 is 0.875 bits per heavy atom. The maximum absolute atomic E-state index is 13.4. The predicted molar refractivity (Wildman–Crippen MR) is 155 cm³/mol. The Bertz CT molecular complexity index is 1290. The third kappa shape index (κ3) is 5.48. The van der Waals surface area contributed by atoms with Gasteiger partial charge < -0.3 is 18.9 Å². The van der Waals surface area contributed by atoms with Crippen molar-refractivity contribution in [3.63, 3.8) is 0 Å². The Kier molecular flexibility index (Phi) is 9.29. The van der Waals surface area contributed by atoms with Crippen molar-refractivity contribution >= 4 is 45.9 Å². The lowest BCUT2D eigenvalue weighted by Crippen LogP contribution is -2.37. The number of ether oxygens (including phenoxy) is 4. The topological polar surface area (TPSA) is 103 Å². The van der Waals surface area contributed by atoms with Crippen molar-refractivity contribution in [3.8, 4) is 23.0 Å². The van der Waals surface area contributed by atoms with Crippen molar-refractivity contribution in [2.24, 2.45) is 0 Å². The molecule has 0 atom stereocenters. The Labute approximate surface area is 235 Å². The molecule has 10 heteroatoms. The Hall–Kier alpha value is -4.08. The van der Waals surface area contributed by atoms with Crippen LogP contribution in [0.4, 0.5) is 23.0 Å². The number of amides is 2. The van der Waals surface area contributed by atoms with Crippen LogP contribution in [-0.4, -0.2) is 48.2 Å². The van der Waals surface area contributed by atoms with Crippen molar-refractivity contribution in [1.82, 2.24) is 9.97 Å². The summed E-state index contributed by atoms with van der Waals surface area (Å²) < 4.78 is 24.2. The van der Waals surface area contributed by atoms with Crippen molar-refractivity contribution in [2.75, 3.05) is 36.2 Å². The number of anilines is 4. The fraction of sp³-hybridized carbons (Fsp3) is 0.467. The van der Waals surface area contributed by atoms with E-state index in [1.165, 1.54) is 23.6 Å². The summed E-state index contributed by atoms with van der Waals surface area (Å²) in [4.78, 5) is 39.5. The molecule has 0 fully saturated rings. The molecule has 2 heterocycles. The first-order chi connectivity index (χ1) is 19.4. The summed E-state index contributed by atoms with van der Waals surface area (Å²) in [5.41, 5.74) is 1.66. The summed E-state index contributed by atoms with van der Waals surface area (Å²) in [6.45, 7) is 12.7. The monoisotopic (exact) mass is 550 g/mol. The Balaban J connectivity index is 2.08. The number of benzene rings is 2. The maximum Gasteiger partial charge on any atom is 0.229 e. The molecule has 2 amide bonds. The van der Waals surface area contributed by atoms with Gasteiger partial charge in [-0.05, 0) is 49.9 Å². The standard InChI is InChI=1S/C30H38N4O6/c1-7-15-37-21-11-12-22(38-16-8-2)26-25(21)31-29-30(32-26)34(20(6)36)28-24(40-18-10-4)14-13-23(39-17-9-3)27(28)33(29)19(5)35/h11-14H,7-10,15-18H2,1-6H3. The summed E-state index contributed by atoms with van der Waals surface area (Å²) in [7, 11) is 0. The highest BCUT2D eigenvalue weighted by Gasteiger charge is 2.40. The SMILES string of the molecule is CCCOc1ccc(OCCC)c2c1N(C(C)=O)c1nc3c(OCCC)ccc(OCCC)c3nc1N2C(C)=O. The van der Waals surface area contributed by atoms with Gasteiger partial charge in [-0.1, -0.05) is 27.7 Å². The molecule has 214 valence electrons. The number of hydrogen-bond donors (Lipinski definition) is 0. The van der Waals surface area contributed by atoms with Gasteiger partial charge in [0, 0.05) is 13.8 Å². The number of carbonyl (C=O) groups excluding carboxylic acids is 2. The van der Waals surface area contributed by atoms with Crippen LogP contribution in [-0.2, 0) is 9.59 Å². The van der Waals surface area contributed by atoms with Crippen molar-refractivity contribution in [3.05, 3.63) is 24.3 Å². The van der Waals surface area contributed by atoms with E-state index in [2.05, 4.69) is 0 Å². The van der Waals surface area contributed by atoms with Crippen LogP contribution < -0.4 is 28.7 Å². The number of carbonyl (C=O) groups is 2. The highest BCUT2D eigenvalue weighted by atomic mass is 16.5. The lowest BCUT2D eigenvalue weighted by atomic mass is 10.1. The Morgan fingerprint density at radius 3 is 1.18 bits per heavy atom. The molecule has 0 unspecified atom stereocenters. The summed E-state index contributed by atoms with van der Waals surface area (Å²) in [5, 5.41) is 0. The highest BCUT2D eigenvalue weighted by molar-refractivity contribution is 6.17. The van der Waals surface area contributed by atoms with Gasteiger partial charge in [-0.15, -0.1) is 0 Å². The summed E-state index contributed by atoms with van der Waals surface area (Å²) in [6.07, 6.45) is 3.13. The van der Waals surface area contributed by atoms with Crippen LogP contribution in [0.25, 0.3) is 11.0 Å². The lowest BCUT2D eigenvalue weighted by molar-refractivity contribution is -0.117. The van der Waals surface area contributed by atoms with Gasteiger partial charge in [-0.2, -0.15) is 0 Å². The zero-order valence-corrected chi connectivity index (χ0v) is 24.2. The van der Waals surface area contributed by atoms with Crippen LogP contribution in [0, 0.1) is 0 Å². The van der Waals surface area contributed by atoms with Crippen molar-refractivity contribution < 1.29 is 28.5 Å². The molecule has 0 spiro atoms. The summed E-state index contributed by atoms with van der Waals surface area (Å²) in [6, 6.07) is 7.13. The fourth-order valence-corrected chi connectivity index (χ4v) is 4.48. The lowest BCUT2D eigenvalue weighted by Gasteiger charge is -2.37. The number of aromatic nitrogens is 2. The molecular weight excluding hydrogens is 512 g/mol. The molecule has 0 N–H and O–H groups in total. The zero-order chi connectivity index (χ0) is 28.8. The number of nitrogens with zero attached hydrogens (tertiary/aromatic N) is 4. The molecule has 0 bridgehead atoms. The second-order valence-electron chi connectivity index (χ2n) is 9.49. The van der Waals surface area contributed by atoms with Crippen molar-refractivity contribution in [1.29, 1.82) is 0 Å².